The quantitative estimate of drug-likeness (QED) is 0.416. The standard InChI is InChI=1S/C15H15AsN2O6/c19-14(13(15(20)21)10-6-2-1-3-7-10)18-17-12-9-5-4-8-11(12)16(22,23)24/h1-9,13-14,19H,(H,20,21)(H2,22,23,24). The molecule has 2 unspecified atom stereocenters. The normalized spacial score (nSPS) is 14.5. The van der Waals surface area contributed by atoms with Gasteiger partial charge in [-0.3, -0.25) is 0 Å². The number of hydrogen-bond acceptors (Lipinski definition) is 5. The van der Waals surface area contributed by atoms with Crippen LogP contribution in [0.5, 0.6) is 0 Å². The maximum atomic E-state index is 11.5. The van der Waals surface area contributed by atoms with Crippen molar-refractivity contribution in [3.05, 3.63) is 60.2 Å². The summed E-state index contributed by atoms with van der Waals surface area (Å²) in [4.78, 5) is 11.4. The second kappa shape index (κ2) is 7.55. The summed E-state index contributed by atoms with van der Waals surface area (Å²) in [6.07, 6.45) is -1.71. The number of nitrogens with zero attached hydrogens (tertiary/aromatic N) is 2. The van der Waals surface area contributed by atoms with Crippen LogP contribution in [-0.2, 0) is 8.53 Å². The fraction of sp³-hybridized carbons (Fsp3) is 0.133. The van der Waals surface area contributed by atoms with Gasteiger partial charge in [-0.1, -0.05) is 0 Å². The Morgan fingerprint density at radius 2 is 1.58 bits per heavy atom. The monoisotopic (exact) mass is 394 g/mol. The van der Waals surface area contributed by atoms with Gasteiger partial charge >= 0.3 is 140 Å². The van der Waals surface area contributed by atoms with Gasteiger partial charge in [0.15, 0.2) is 0 Å². The van der Waals surface area contributed by atoms with Gasteiger partial charge in [-0.05, 0) is 0 Å². The molecule has 2 atom stereocenters. The molecule has 126 valence electrons. The van der Waals surface area contributed by atoms with Gasteiger partial charge in [0.1, 0.15) is 0 Å². The number of rotatable bonds is 6. The van der Waals surface area contributed by atoms with Crippen molar-refractivity contribution < 1.29 is 26.9 Å². The van der Waals surface area contributed by atoms with Gasteiger partial charge in [-0.25, -0.2) is 0 Å². The first kappa shape index (κ1) is 18.1. The van der Waals surface area contributed by atoms with Crippen LogP contribution in [0, 0.1) is 0 Å². The summed E-state index contributed by atoms with van der Waals surface area (Å²) in [6, 6.07) is 13.5. The molecule has 2 aromatic carbocycles. The van der Waals surface area contributed by atoms with E-state index in [1.54, 1.807) is 18.2 Å². The first-order valence-corrected chi connectivity index (χ1v) is 10.2. The third-order valence-corrected chi connectivity index (χ3v) is 5.31. The summed E-state index contributed by atoms with van der Waals surface area (Å²) in [5.41, 5.74) is 0.227. The molecule has 0 heterocycles. The number of benzene rings is 2. The predicted octanol–water partition coefficient (Wildman–Crippen LogP) is 0.518. The van der Waals surface area contributed by atoms with Crippen LogP contribution >= 0.6 is 0 Å². The van der Waals surface area contributed by atoms with E-state index in [-0.39, 0.29) is 10.0 Å². The van der Waals surface area contributed by atoms with E-state index in [9.17, 15) is 26.9 Å². The average Bonchev–Trinajstić information content (AvgIpc) is 2.53. The number of aliphatic carboxylic acids is 1. The molecule has 2 aromatic rings. The van der Waals surface area contributed by atoms with Crippen LogP contribution in [0.15, 0.2) is 64.8 Å². The van der Waals surface area contributed by atoms with E-state index in [2.05, 4.69) is 10.2 Å². The number of carboxylic acids is 1. The van der Waals surface area contributed by atoms with Gasteiger partial charge in [0.05, 0.1) is 0 Å². The van der Waals surface area contributed by atoms with E-state index < -0.39 is 32.3 Å². The summed E-state index contributed by atoms with van der Waals surface area (Å²) in [6.45, 7) is 0. The van der Waals surface area contributed by atoms with Crippen LogP contribution in [0.25, 0.3) is 0 Å². The Morgan fingerprint density at radius 1 is 1.00 bits per heavy atom. The third kappa shape index (κ3) is 4.39. The van der Waals surface area contributed by atoms with Crippen molar-refractivity contribution in [3.63, 3.8) is 0 Å². The summed E-state index contributed by atoms with van der Waals surface area (Å²) < 4.78 is 29.8. The zero-order valence-electron chi connectivity index (χ0n) is 12.3. The van der Waals surface area contributed by atoms with Crippen LogP contribution < -0.4 is 4.35 Å². The number of carbonyl (C=O) groups is 1. The Morgan fingerprint density at radius 3 is 2.17 bits per heavy atom. The molecule has 0 amide bonds. The molecule has 0 saturated heterocycles. The predicted molar refractivity (Wildman–Crippen MR) is 84.3 cm³/mol. The Labute approximate surface area is 140 Å². The molecular formula is C15H15AsN2O6. The Balaban J connectivity index is 2.31. The molecule has 9 heteroatoms. The van der Waals surface area contributed by atoms with Crippen molar-refractivity contribution in [1.29, 1.82) is 0 Å². The van der Waals surface area contributed by atoms with E-state index in [1.807, 2.05) is 0 Å². The van der Waals surface area contributed by atoms with Gasteiger partial charge < -0.3 is 0 Å². The molecule has 0 aliphatic carbocycles. The van der Waals surface area contributed by atoms with Gasteiger partial charge in [-0.2, -0.15) is 0 Å². The van der Waals surface area contributed by atoms with Crippen LogP contribution in [0.4, 0.5) is 5.69 Å². The van der Waals surface area contributed by atoms with Gasteiger partial charge in [-0.15, -0.1) is 0 Å². The van der Waals surface area contributed by atoms with Crippen molar-refractivity contribution in [3.8, 4) is 0 Å². The third-order valence-electron chi connectivity index (χ3n) is 3.20. The van der Waals surface area contributed by atoms with E-state index >= 15 is 0 Å². The molecule has 0 radical (unpaired) electrons. The molecule has 0 saturated carbocycles. The number of carboxylic acid groups (broad SMARTS) is 1. The van der Waals surface area contributed by atoms with Gasteiger partial charge in [0.2, 0.25) is 0 Å². The Bertz CT molecular complexity index is 790. The van der Waals surface area contributed by atoms with Crippen molar-refractivity contribution >= 4 is 30.2 Å². The Hall–Kier alpha value is -2.25. The van der Waals surface area contributed by atoms with Crippen molar-refractivity contribution in [2.75, 3.05) is 0 Å². The molecule has 0 bridgehead atoms. The van der Waals surface area contributed by atoms with Crippen LogP contribution in [0.3, 0.4) is 0 Å². The Kier molecular flexibility index (Phi) is 5.69. The number of aliphatic hydroxyl groups excluding tert-OH is 1. The molecule has 0 spiro atoms. The summed E-state index contributed by atoms with van der Waals surface area (Å²) in [5.74, 6) is -2.64. The number of hydrogen-bond donors (Lipinski definition) is 4. The molecule has 8 nitrogen and oxygen atoms in total. The van der Waals surface area contributed by atoms with Gasteiger partial charge in [0, 0.05) is 0 Å². The zero-order chi connectivity index (χ0) is 17.7. The van der Waals surface area contributed by atoms with E-state index in [4.69, 9.17) is 0 Å². The molecular weight excluding hydrogens is 379 g/mol. The minimum atomic E-state index is -5.22. The molecule has 4 N–H and O–H groups in total. The van der Waals surface area contributed by atoms with Crippen LogP contribution in [0.1, 0.15) is 11.5 Å². The first-order chi connectivity index (χ1) is 11.3. The van der Waals surface area contributed by atoms with Crippen molar-refractivity contribution in [1.82, 2.24) is 0 Å². The molecule has 0 aliphatic rings. The summed E-state index contributed by atoms with van der Waals surface area (Å²) in [5, 5.41) is 26.5. The second-order valence-electron chi connectivity index (χ2n) is 4.89. The summed E-state index contributed by atoms with van der Waals surface area (Å²) >= 11 is -5.22. The van der Waals surface area contributed by atoms with E-state index in [0.29, 0.717) is 5.56 Å². The second-order valence-corrected chi connectivity index (χ2v) is 8.18. The zero-order valence-corrected chi connectivity index (χ0v) is 14.2. The first-order valence-electron chi connectivity index (χ1n) is 6.82. The maximum absolute atomic E-state index is 11.5. The molecule has 0 aliphatic heterocycles. The van der Waals surface area contributed by atoms with E-state index in [0.717, 1.165) is 0 Å². The fourth-order valence-corrected chi connectivity index (χ4v) is 3.55. The van der Waals surface area contributed by atoms with Gasteiger partial charge in [0.25, 0.3) is 0 Å². The van der Waals surface area contributed by atoms with Crippen molar-refractivity contribution in [2.24, 2.45) is 10.2 Å². The van der Waals surface area contributed by atoms with Crippen LogP contribution in [0.2, 0.25) is 0 Å². The van der Waals surface area contributed by atoms with E-state index in [1.165, 1.54) is 36.4 Å². The topological polar surface area (TPSA) is 140 Å². The molecule has 0 aromatic heterocycles. The minimum absolute atomic E-state index is 0.110. The fourth-order valence-electron chi connectivity index (χ4n) is 2.09. The number of aliphatic hydroxyl groups is 1. The van der Waals surface area contributed by atoms with Crippen molar-refractivity contribution in [2.45, 2.75) is 12.1 Å². The van der Waals surface area contributed by atoms with Crippen LogP contribution in [-0.4, -0.2) is 44.8 Å². The average molecular weight is 394 g/mol. The molecule has 2 rings (SSSR count). The molecule has 0 fully saturated rings. The number of azo groups is 1. The SMILES string of the molecule is O=C(O)C(c1ccccc1)C(O)N=Nc1ccccc1[As](=O)(O)O. The summed E-state index contributed by atoms with van der Waals surface area (Å²) in [7, 11) is 0. The molecule has 24 heavy (non-hydrogen) atoms.